The molecule has 24 heavy (non-hydrogen) atoms. The molecule has 0 saturated heterocycles. The second kappa shape index (κ2) is 7.78. The van der Waals surface area contributed by atoms with Gasteiger partial charge in [-0.05, 0) is 36.8 Å². The van der Waals surface area contributed by atoms with Crippen molar-refractivity contribution in [3.05, 3.63) is 56.5 Å². The van der Waals surface area contributed by atoms with Crippen molar-refractivity contribution in [1.29, 1.82) is 0 Å². The van der Waals surface area contributed by atoms with E-state index in [-0.39, 0.29) is 23.9 Å². The molecule has 0 aliphatic heterocycles. The van der Waals surface area contributed by atoms with Crippen molar-refractivity contribution < 1.29 is 14.5 Å². The Kier molecular flexibility index (Phi) is 5.75. The van der Waals surface area contributed by atoms with E-state index in [9.17, 15) is 14.9 Å². The lowest BCUT2D eigenvalue weighted by Gasteiger charge is -2.12. The zero-order chi connectivity index (χ0) is 17.7. The van der Waals surface area contributed by atoms with Crippen molar-refractivity contribution in [3.8, 4) is 5.75 Å². The largest absolute Gasteiger partial charge is 0.490 e. The van der Waals surface area contributed by atoms with Crippen molar-refractivity contribution in [2.45, 2.75) is 6.92 Å². The Balaban J connectivity index is 2.05. The second-order valence-electron chi connectivity index (χ2n) is 5.00. The Labute approximate surface area is 147 Å². The van der Waals surface area contributed by atoms with Crippen molar-refractivity contribution >= 4 is 38.9 Å². The molecule has 0 unspecified atom stereocenters. The maximum Gasteiger partial charge on any atom is 0.311 e. The Morgan fingerprint density at radius 2 is 1.96 bits per heavy atom. The number of rotatable bonds is 6. The average molecular weight is 394 g/mol. The van der Waals surface area contributed by atoms with Gasteiger partial charge in [-0.3, -0.25) is 14.9 Å². The summed E-state index contributed by atoms with van der Waals surface area (Å²) in [6.07, 6.45) is 0. The molecule has 2 aromatic rings. The summed E-state index contributed by atoms with van der Waals surface area (Å²) in [5.41, 5.74) is 1.73. The second-order valence-corrected chi connectivity index (χ2v) is 5.92. The van der Waals surface area contributed by atoms with Gasteiger partial charge in [0, 0.05) is 28.0 Å². The lowest BCUT2D eigenvalue weighted by Crippen LogP contribution is -2.22. The third-order valence-corrected chi connectivity index (χ3v) is 3.82. The number of carbonyl (C=O) groups excluding carboxylic acids is 1. The molecule has 0 spiro atoms. The van der Waals surface area contributed by atoms with E-state index in [0.717, 1.165) is 10.2 Å². The van der Waals surface area contributed by atoms with E-state index in [0.29, 0.717) is 11.3 Å². The fraction of sp³-hybridized carbons (Fsp3) is 0.188. The normalized spacial score (nSPS) is 10.1. The molecular formula is C16H16BrN3O4. The van der Waals surface area contributed by atoms with Crippen molar-refractivity contribution in [3.63, 3.8) is 0 Å². The number of nitro groups is 1. The highest BCUT2D eigenvalue weighted by Gasteiger charge is 2.18. The van der Waals surface area contributed by atoms with Gasteiger partial charge in [-0.25, -0.2) is 0 Å². The minimum atomic E-state index is -0.521. The number of aryl methyl sites for hydroxylation is 1. The van der Waals surface area contributed by atoms with Crippen LogP contribution < -0.4 is 15.4 Å². The number of benzene rings is 2. The molecule has 2 N–H and O–H groups in total. The van der Waals surface area contributed by atoms with Crippen LogP contribution in [-0.2, 0) is 4.79 Å². The minimum absolute atomic E-state index is 0.0698. The SMILES string of the molecule is COc1cc(NC(=O)CNc2ccc(Br)cc2)c(C)cc1[N+](=O)[O-]. The molecule has 0 atom stereocenters. The van der Waals surface area contributed by atoms with Gasteiger partial charge in [-0.15, -0.1) is 0 Å². The van der Waals surface area contributed by atoms with Crippen LogP contribution >= 0.6 is 15.9 Å². The molecule has 126 valence electrons. The quantitative estimate of drug-likeness (QED) is 0.575. The number of nitro benzene ring substituents is 1. The maximum atomic E-state index is 12.1. The van der Waals surface area contributed by atoms with E-state index < -0.39 is 4.92 Å². The van der Waals surface area contributed by atoms with Gasteiger partial charge < -0.3 is 15.4 Å². The summed E-state index contributed by atoms with van der Waals surface area (Å²) in [5.74, 6) is -0.168. The molecule has 7 nitrogen and oxygen atoms in total. The van der Waals surface area contributed by atoms with Gasteiger partial charge in [0.15, 0.2) is 5.75 Å². The number of methoxy groups -OCH3 is 1. The van der Waals surface area contributed by atoms with Gasteiger partial charge in [0.25, 0.3) is 0 Å². The number of halogens is 1. The Morgan fingerprint density at radius 1 is 1.29 bits per heavy atom. The van der Waals surface area contributed by atoms with Crippen LogP contribution in [0.1, 0.15) is 5.56 Å². The molecule has 0 aliphatic carbocycles. The third-order valence-electron chi connectivity index (χ3n) is 3.29. The molecule has 0 aliphatic rings. The van der Waals surface area contributed by atoms with Gasteiger partial charge in [-0.2, -0.15) is 0 Å². The number of hydrogen-bond donors (Lipinski definition) is 2. The first-order valence-electron chi connectivity index (χ1n) is 7.03. The summed E-state index contributed by atoms with van der Waals surface area (Å²) in [6, 6.07) is 10.2. The number of amides is 1. The van der Waals surface area contributed by atoms with E-state index in [1.165, 1.54) is 19.2 Å². The van der Waals surface area contributed by atoms with Crippen LogP contribution in [-0.4, -0.2) is 24.5 Å². The summed E-state index contributed by atoms with van der Waals surface area (Å²) in [4.78, 5) is 22.5. The number of carbonyl (C=O) groups is 1. The molecule has 0 fully saturated rings. The van der Waals surface area contributed by atoms with E-state index in [4.69, 9.17) is 4.74 Å². The maximum absolute atomic E-state index is 12.1. The van der Waals surface area contributed by atoms with Gasteiger partial charge in [-0.1, -0.05) is 15.9 Å². The molecule has 8 heteroatoms. The molecule has 0 radical (unpaired) electrons. The van der Waals surface area contributed by atoms with Crippen LogP contribution in [0.4, 0.5) is 17.1 Å². The molecule has 0 aromatic heterocycles. The van der Waals surface area contributed by atoms with Gasteiger partial charge in [0.1, 0.15) is 0 Å². The number of ether oxygens (including phenoxy) is 1. The summed E-state index contributed by atoms with van der Waals surface area (Å²) < 4.78 is 5.96. The zero-order valence-electron chi connectivity index (χ0n) is 13.1. The molecule has 2 rings (SSSR count). The lowest BCUT2D eigenvalue weighted by molar-refractivity contribution is -0.385. The Hall–Kier alpha value is -2.61. The molecule has 0 bridgehead atoms. The molecule has 1 amide bonds. The van der Waals surface area contributed by atoms with Crippen LogP contribution in [0.2, 0.25) is 0 Å². The summed E-state index contributed by atoms with van der Waals surface area (Å²) in [7, 11) is 1.35. The van der Waals surface area contributed by atoms with E-state index >= 15 is 0 Å². The molecule has 0 heterocycles. The highest BCUT2D eigenvalue weighted by Crippen LogP contribution is 2.32. The van der Waals surface area contributed by atoms with Gasteiger partial charge in [0.05, 0.1) is 18.6 Å². The van der Waals surface area contributed by atoms with E-state index in [2.05, 4.69) is 26.6 Å². The fourth-order valence-corrected chi connectivity index (χ4v) is 2.32. The first-order valence-corrected chi connectivity index (χ1v) is 7.82. The first kappa shape index (κ1) is 17.7. The van der Waals surface area contributed by atoms with E-state index in [1.807, 2.05) is 24.3 Å². The van der Waals surface area contributed by atoms with Crippen LogP contribution in [0.3, 0.4) is 0 Å². The standard InChI is InChI=1S/C16H16BrN3O4/c1-10-7-14(20(22)23)15(24-2)8-13(10)19-16(21)9-18-12-5-3-11(17)4-6-12/h3-8,18H,9H2,1-2H3,(H,19,21). The number of hydrogen-bond acceptors (Lipinski definition) is 5. The van der Waals surface area contributed by atoms with Crippen molar-refractivity contribution in [1.82, 2.24) is 0 Å². The monoisotopic (exact) mass is 393 g/mol. The Morgan fingerprint density at radius 3 is 2.54 bits per heavy atom. The summed E-state index contributed by atoms with van der Waals surface area (Å²) in [5, 5.41) is 16.7. The topological polar surface area (TPSA) is 93.5 Å². The van der Waals surface area contributed by atoms with Crippen LogP contribution in [0, 0.1) is 17.0 Å². The number of nitrogens with zero attached hydrogens (tertiary/aromatic N) is 1. The van der Waals surface area contributed by atoms with Gasteiger partial charge >= 0.3 is 5.69 Å². The predicted octanol–water partition coefficient (Wildman–Crippen LogP) is 3.72. The number of anilines is 2. The van der Waals surface area contributed by atoms with Crippen LogP contribution in [0.25, 0.3) is 0 Å². The third kappa shape index (κ3) is 4.45. The van der Waals surface area contributed by atoms with Crippen LogP contribution in [0.5, 0.6) is 5.75 Å². The van der Waals surface area contributed by atoms with Crippen molar-refractivity contribution in [2.75, 3.05) is 24.3 Å². The van der Waals surface area contributed by atoms with Gasteiger partial charge in [0.2, 0.25) is 5.91 Å². The average Bonchev–Trinajstić information content (AvgIpc) is 2.55. The molecule has 0 saturated carbocycles. The summed E-state index contributed by atoms with van der Waals surface area (Å²) >= 11 is 3.34. The fourth-order valence-electron chi connectivity index (χ4n) is 2.06. The zero-order valence-corrected chi connectivity index (χ0v) is 14.7. The minimum Gasteiger partial charge on any atom is -0.490 e. The highest BCUT2D eigenvalue weighted by molar-refractivity contribution is 9.10. The van der Waals surface area contributed by atoms with Crippen molar-refractivity contribution in [2.24, 2.45) is 0 Å². The Bertz CT molecular complexity index is 763. The lowest BCUT2D eigenvalue weighted by atomic mass is 10.1. The first-order chi connectivity index (χ1) is 11.4. The molecule has 2 aromatic carbocycles. The molecular weight excluding hydrogens is 378 g/mol. The smallest absolute Gasteiger partial charge is 0.311 e. The number of nitrogens with one attached hydrogen (secondary N) is 2. The predicted molar refractivity (Wildman–Crippen MR) is 95.6 cm³/mol. The van der Waals surface area contributed by atoms with E-state index in [1.54, 1.807) is 6.92 Å². The summed E-state index contributed by atoms with van der Waals surface area (Å²) in [6.45, 7) is 1.75. The highest BCUT2D eigenvalue weighted by atomic mass is 79.9. The van der Waals surface area contributed by atoms with Crippen LogP contribution in [0.15, 0.2) is 40.9 Å².